The largest absolute Gasteiger partial charge is 0.481 e. The first kappa shape index (κ1) is 20.5. The molecule has 1 aliphatic carbocycles. The zero-order chi connectivity index (χ0) is 19.9. The zero-order valence-corrected chi connectivity index (χ0v) is 17.2. The lowest BCUT2D eigenvalue weighted by atomic mass is 9.87. The highest BCUT2D eigenvalue weighted by Gasteiger charge is 2.37. The van der Waals surface area contributed by atoms with Gasteiger partial charge in [0.15, 0.2) is 0 Å². The van der Waals surface area contributed by atoms with E-state index in [0.717, 1.165) is 19.3 Å². The van der Waals surface area contributed by atoms with E-state index in [4.69, 9.17) is 5.11 Å². The fourth-order valence-corrected chi connectivity index (χ4v) is 5.08. The lowest BCUT2D eigenvalue weighted by Gasteiger charge is -2.16. The summed E-state index contributed by atoms with van der Waals surface area (Å²) in [6.45, 7) is 2.17. The van der Waals surface area contributed by atoms with E-state index in [1.807, 2.05) is 17.4 Å². The van der Waals surface area contributed by atoms with E-state index < -0.39 is 5.97 Å². The Morgan fingerprint density at radius 2 is 2.07 bits per heavy atom. The maximum Gasteiger partial charge on any atom is 0.303 e. The van der Waals surface area contributed by atoms with Gasteiger partial charge in [-0.1, -0.05) is 49.4 Å². The molecular weight excluding hydrogens is 368 g/mol. The van der Waals surface area contributed by atoms with Gasteiger partial charge in [0.05, 0.1) is 0 Å². The Hall–Kier alpha value is -2.20. The van der Waals surface area contributed by atoms with Crippen LogP contribution in [0.15, 0.2) is 54.6 Å². The van der Waals surface area contributed by atoms with Crippen LogP contribution in [0.3, 0.4) is 0 Å². The maximum atomic E-state index is 12.4. The van der Waals surface area contributed by atoms with Crippen LogP contribution >= 0.6 is 11.3 Å². The average Bonchev–Trinajstić information content (AvgIpc) is 3.18. The lowest BCUT2D eigenvalue weighted by molar-refractivity contribution is -0.137. The summed E-state index contributed by atoms with van der Waals surface area (Å²) in [6, 6.07) is 10.7. The number of hydrogen-bond donors (Lipinski definition) is 1. The third-order valence-corrected chi connectivity index (χ3v) is 6.67. The molecule has 0 saturated heterocycles. The van der Waals surface area contributed by atoms with Gasteiger partial charge in [-0.05, 0) is 55.0 Å². The number of allylic oxidation sites excluding steroid dienone is 4. The molecule has 28 heavy (non-hydrogen) atoms. The molecule has 4 heteroatoms. The third-order valence-electron chi connectivity index (χ3n) is 5.53. The van der Waals surface area contributed by atoms with Crippen molar-refractivity contribution >= 4 is 33.2 Å². The number of carboxylic acid groups (broad SMARTS) is 1. The minimum atomic E-state index is -0.753. The van der Waals surface area contributed by atoms with Crippen LogP contribution in [0, 0.1) is 17.8 Å². The summed E-state index contributed by atoms with van der Waals surface area (Å²) in [5.74, 6) is 0.350. The van der Waals surface area contributed by atoms with Crippen molar-refractivity contribution in [2.75, 3.05) is 0 Å². The SMILES string of the molecule is C[C@@H]1CC(=O)[C@H](C/C=C\CCCC(=O)O)[C@H]1/C=C/Cc1cc2ccccc2s1. The third kappa shape index (κ3) is 5.41. The van der Waals surface area contributed by atoms with Gasteiger partial charge in [0, 0.05) is 28.3 Å². The van der Waals surface area contributed by atoms with Crippen molar-refractivity contribution in [3.63, 3.8) is 0 Å². The summed E-state index contributed by atoms with van der Waals surface area (Å²) in [6.07, 6.45) is 12.5. The summed E-state index contributed by atoms with van der Waals surface area (Å²) in [5.41, 5.74) is 0. The van der Waals surface area contributed by atoms with Gasteiger partial charge in [0.2, 0.25) is 0 Å². The van der Waals surface area contributed by atoms with Gasteiger partial charge in [-0.25, -0.2) is 0 Å². The quantitative estimate of drug-likeness (QED) is 0.415. The molecule has 0 amide bonds. The standard InChI is InChI=1S/C24H28O3S/c1-17-15-22(25)21(11-4-2-3-5-14-24(26)27)20(17)12-8-10-19-16-18-9-6-7-13-23(18)28-19/h2,4,6-9,12-13,16-17,20-21H,3,5,10-11,14-15H2,1H3,(H,26,27)/b4-2-,12-8+/t17-,20+,21-/m1/s1. The van der Waals surface area contributed by atoms with Crippen molar-refractivity contribution in [1.82, 2.24) is 0 Å². The number of aliphatic carboxylic acids is 1. The molecule has 3 rings (SSSR count). The lowest BCUT2D eigenvalue weighted by Crippen LogP contribution is -2.14. The minimum Gasteiger partial charge on any atom is -0.481 e. The molecule has 2 aromatic rings. The van der Waals surface area contributed by atoms with Crippen molar-refractivity contribution in [3.8, 4) is 0 Å². The fraction of sp³-hybridized carbons (Fsp3) is 0.417. The number of Topliss-reactive ketones (excluding diaryl/α,β-unsaturated/α-hetero) is 1. The molecule has 0 aliphatic heterocycles. The van der Waals surface area contributed by atoms with Crippen LogP contribution in [0.1, 0.15) is 43.9 Å². The van der Waals surface area contributed by atoms with E-state index >= 15 is 0 Å². The summed E-state index contributed by atoms with van der Waals surface area (Å²) < 4.78 is 1.32. The number of unbranched alkanes of at least 4 members (excludes halogenated alkanes) is 1. The van der Waals surface area contributed by atoms with Crippen molar-refractivity contribution in [2.24, 2.45) is 17.8 Å². The van der Waals surface area contributed by atoms with E-state index in [1.165, 1.54) is 15.0 Å². The van der Waals surface area contributed by atoms with Crippen LogP contribution < -0.4 is 0 Å². The van der Waals surface area contributed by atoms with Crippen LogP contribution in [0.25, 0.3) is 10.1 Å². The molecule has 1 heterocycles. The highest BCUT2D eigenvalue weighted by atomic mass is 32.1. The van der Waals surface area contributed by atoms with Gasteiger partial charge in [-0.2, -0.15) is 0 Å². The summed E-state index contributed by atoms with van der Waals surface area (Å²) >= 11 is 1.83. The molecule has 1 saturated carbocycles. The van der Waals surface area contributed by atoms with E-state index in [2.05, 4.69) is 55.5 Å². The second-order valence-electron chi connectivity index (χ2n) is 7.71. The van der Waals surface area contributed by atoms with Crippen LogP contribution in [0.5, 0.6) is 0 Å². The molecule has 0 radical (unpaired) electrons. The van der Waals surface area contributed by atoms with E-state index in [9.17, 15) is 9.59 Å². The molecule has 0 unspecified atom stereocenters. The Morgan fingerprint density at radius 3 is 2.86 bits per heavy atom. The Kier molecular flexibility index (Phi) is 7.21. The number of fused-ring (bicyclic) bond motifs is 1. The molecule has 1 aromatic carbocycles. The van der Waals surface area contributed by atoms with Gasteiger partial charge < -0.3 is 5.11 Å². The van der Waals surface area contributed by atoms with Crippen molar-refractivity contribution in [3.05, 3.63) is 59.5 Å². The smallest absolute Gasteiger partial charge is 0.303 e. The predicted molar refractivity (Wildman–Crippen MR) is 116 cm³/mol. The van der Waals surface area contributed by atoms with E-state index in [-0.39, 0.29) is 12.3 Å². The van der Waals surface area contributed by atoms with E-state index in [0.29, 0.717) is 30.5 Å². The zero-order valence-electron chi connectivity index (χ0n) is 16.3. The van der Waals surface area contributed by atoms with Crippen LogP contribution in [0.4, 0.5) is 0 Å². The topological polar surface area (TPSA) is 54.4 Å². The number of thiophene rings is 1. The van der Waals surface area contributed by atoms with Crippen molar-refractivity contribution < 1.29 is 14.7 Å². The van der Waals surface area contributed by atoms with Gasteiger partial charge in [-0.15, -0.1) is 11.3 Å². The number of benzene rings is 1. The normalized spacial score (nSPS) is 22.8. The van der Waals surface area contributed by atoms with Gasteiger partial charge in [-0.3, -0.25) is 9.59 Å². The minimum absolute atomic E-state index is 0.0596. The highest BCUT2D eigenvalue weighted by Crippen LogP contribution is 2.37. The molecule has 1 N–H and O–H groups in total. The monoisotopic (exact) mass is 396 g/mol. The first-order valence-corrected chi connectivity index (χ1v) is 10.9. The number of carbonyl (C=O) groups excluding carboxylic acids is 1. The molecule has 0 bridgehead atoms. The van der Waals surface area contributed by atoms with Crippen molar-refractivity contribution in [1.29, 1.82) is 0 Å². The molecule has 3 nitrogen and oxygen atoms in total. The summed E-state index contributed by atoms with van der Waals surface area (Å²) in [7, 11) is 0. The van der Waals surface area contributed by atoms with Crippen molar-refractivity contribution in [2.45, 2.75) is 45.4 Å². The molecular formula is C24H28O3S. The number of carbonyl (C=O) groups is 2. The summed E-state index contributed by atoms with van der Waals surface area (Å²) in [4.78, 5) is 24.3. The van der Waals surface area contributed by atoms with Crippen LogP contribution in [-0.2, 0) is 16.0 Å². The first-order chi connectivity index (χ1) is 13.5. The summed E-state index contributed by atoms with van der Waals surface area (Å²) in [5, 5.41) is 9.97. The van der Waals surface area contributed by atoms with Crippen LogP contribution in [-0.4, -0.2) is 16.9 Å². The Balaban J connectivity index is 1.55. The number of rotatable bonds is 9. The highest BCUT2D eigenvalue weighted by molar-refractivity contribution is 7.19. The maximum absolute atomic E-state index is 12.4. The molecule has 3 atom stereocenters. The molecule has 1 aliphatic rings. The molecule has 0 spiro atoms. The number of hydrogen-bond acceptors (Lipinski definition) is 3. The fourth-order valence-electron chi connectivity index (χ4n) is 4.04. The van der Waals surface area contributed by atoms with Crippen LogP contribution in [0.2, 0.25) is 0 Å². The molecule has 1 fully saturated rings. The predicted octanol–water partition coefficient (Wildman–Crippen LogP) is 6.04. The average molecular weight is 397 g/mol. The first-order valence-electron chi connectivity index (χ1n) is 10.1. The Bertz CT molecular complexity index is 844. The molecule has 1 aromatic heterocycles. The van der Waals surface area contributed by atoms with Gasteiger partial charge in [0.25, 0.3) is 0 Å². The number of ketones is 1. The number of carboxylic acids is 1. The van der Waals surface area contributed by atoms with E-state index in [1.54, 1.807) is 0 Å². The second-order valence-corrected chi connectivity index (χ2v) is 8.88. The Morgan fingerprint density at radius 1 is 1.25 bits per heavy atom. The second kappa shape index (κ2) is 9.83. The van der Waals surface area contributed by atoms with Gasteiger partial charge in [0.1, 0.15) is 5.78 Å². The molecule has 148 valence electrons. The van der Waals surface area contributed by atoms with Gasteiger partial charge >= 0.3 is 5.97 Å². The Labute approximate surface area is 170 Å².